The molecule has 6 nitrogen and oxygen atoms in total. The van der Waals surface area contributed by atoms with Gasteiger partial charge in [0.15, 0.2) is 0 Å². The van der Waals surface area contributed by atoms with Gasteiger partial charge in [0.05, 0.1) is 5.52 Å². The molecule has 186 valence electrons. The first-order valence-electron chi connectivity index (χ1n) is 12.8. The predicted molar refractivity (Wildman–Crippen MR) is 144 cm³/mol. The minimum absolute atomic E-state index is 0.271. The SMILES string of the molecule is Cc1cc(-c2cnc3ccccc3c2)ccc1C(=NC(C)(C)C=O)N(C)CC1CN(C(=O)C2CC2)C1. The van der Waals surface area contributed by atoms with Crippen LogP contribution in [0, 0.1) is 18.8 Å². The molecule has 2 heterocycles. The van der Waals surface area contributed by atoms with E-state index in [0.717, 1.165) is 77.8 Å². The van der Waals surface area contributed by atoms with Crippen LogP contribution in [0.4, 0.5) is 0 Å². The van der Waals surface area contributed by atoms with Crippen molar-refractivity contribution in [3.63, 3.8) is 0 Å². The number of aryl methyl sites for hydroxylation is 1. The normalized spacial score (nSPS) is 16.7. The number of amides is 1. The van der Waals surface area contributed by atoms with Crippen molar-refractivity contribution < 1.29 is 9.59 Å². The van der Waals surface area contributed by atoms with Crippen molar-refractivity contribution in [2.45, 2.75) is 39.2 Å². The molecule has 5 rings (SSSR count). The molecule has 1 aliphatic carbocycles. The molecule has 0 atom stereocenters. The Kier molecular flexibility index (Phi) is 6.37. The number of aldehydes is 1. The summed E-state index contributed by atoms with van der Waals surface area (Å²) in [4.78, 5) is 37.7. The third-order valence-electron chi connectivity index (χ3n) is 7.16. The fourth-order valence-electron chi connectivity index (χ4n) is 4.90. The Balaban J connectivity index is 1.39. The Morgan fingerprint density at radius 1 is 1.14 bits per heavy atom. The molecular weight excluding hydrogens is 448 g/mol. The molecule has 0 radical (unpaired) electrons. The molecule has 1 saturated carbocycles. The van der Waals surface area contributed by atoms with Crippen molar-refractivity contribution >= 4 is 28.9 Å². The zero-order valence-corrected chi connectivity index (χ0v) is 21.6. The maximum absolute atomic E-state index is 12.3. The van der Waals surface area contributed by atoms with Crippen LogP contribution in [0.5, 0.6) is 0 Å². The number of pyridine rings is 1. The number of hydrogen-bond donors (Lipinski definition) is 0. The zero-order chi connectivity index (χ0) is 25.4. The lowest BCUT2D eigenvalue weighted by atomic mass is 9.96. The molecule has 0 unspecified atom stereocenters. The number of aromatic nitrogens is 1. The van der Waals surface area contributed by atoms with Gasteiger partial charge in [-0.2, -0.15) is 0 Å². The van der Waals surface area contributed by atoms with E-state index in [1.807, 2.05) is 50.2 Å². The van der Waals surface area contributed by atoms with E-state index in [2.05, 4.69) is 47.1 Å². The maximum atomic E-state index is 12.3. The largest absolute Gasteiger partial charge is 0.359 e. The number of nitrogens with zero attached hydrogens (tertiary/aromatic N) is 4. The van der Waals surface area contributed by atoms with Crippen LogP contribution in [0.25, 0.3) is 22.0 Å². The highest BCUT2D eigenvalue weighted by molar-refractivity contribution is 6.01. The average molecular weight is 483 g/mol. The van der Waals surface area contributed by atoms with Crippen LogP contribution in [-0.4, -0.2) is 65.0 Å². The Bertz CT molecular complexity index is 1340. The highest BCUT2D eigenvalue weighted by Crippen LogP contribution is 2.34. The van der Waals surface area contributed by atoms with E-state index in [-0.39, 0.29) is 5.92 Å². The van der Waals surface area contributed by atoms with Crippen molar-refractivity contribution in [3.8, 4) is 11.1 Å². The van der Waals surface area contributed by atoms with Gasteiger partial charge < -0.3 is 14.6 Å². The van der Waals surface area contributed by atoms with Crippen LogP contribution in [0.3, 0.4) is 0 Å². The Morgan fingerprint density at radius 3 is 2.58 bits per heavy atom. The van der Waals surface area contributed by atoms with Crippen molar-refractivity contribution in [2.24, 2.45) is 16.8 Å². The highest BCUT2D eigenvalue weighted by Gasteiger charge is 2.39. The number of hydrogen-bond acceptors (Lipinski definition) is 4. The maximum Gasteiger partial charge on any atom is 0.225 e. The first-order chi connectivity index (χ1) is 17.2. The van der Waals surface area contributed by atoms with Crippen LogP contribution in [0.15, 0.2) is 59.7 Å². The molecule has 0 spiro atoms. The molecule has 36 heavy (non-hydrogen) atoms. The monoisotopic (exact) mass is 482 g/mol. The number of carbonyl (C=O) groups excluding carboxylic acids is 2. The first-order valence-corrected chi connectivity index (χ1v) is 12.8. The predicted octanol–water partition coefficient (Wildman–Crippen LogP) is 4.73. The fourth-order valence-corrected chi connectivity index (χ4v) is 4.90. The van der Waals surface area contributed by atoms with Crippen molar-refractivity contribution in [1.29, 1.82) is 0 Å². The fraction of sp³-hybridized carbons (Fsp3) is 0.400. The zero-order valence-electron chi connectivity index (χ0n) is 21.6. The Hall–Kier alpha value is -3.54. The molecule has 1 amide bonds. The van der Waals surface area contributed by atoms with Gasteiger partial charge >= 0.3 is 0 Å². The lowest BCUT2D eigenvalue weighted by Gasteiger charge is -2.42. The minimum Gasteiger partial charge on any atom is -0.359 e. The molecule has 0 N–H and O–H groups in total. The third-order valence-corrected chi connectivity index (χ3v) is 7.16. The van der Waals surface area contributed by atoms with Crippen LogP contribution >= 0.6 is 0 Å². The van der Waals surface area contributed by atoms with Gasteiger partial charge in [0.1, 0.15) is 17.7 Å². The third kappa shape index (κ3) is 5.03. The van der Waals surface area contributed by atoms with E-state index in [1.165, 1.54) is 0 Å². The summed E-state index contributed by atoms with van der Waals surface area (Å²) >= 11 is 0. The van der Waals surface area contributed by atoms with E-state index in [4.69, 9.17) is 4.99 Å². The number of rotatable bonds is 7. The Morgan fingerprint density at radius 2 is 1.89 bits per heavy atom. The van der Waals surface area contributed by atoms with E-state index in [1.54, 1.807) is 0 Å². The van der Waals surface area contributed by atoms with E-state index in [0.29, 0.717) is 11.8 Å². The van der Waals surface area contributed by atoms with Gasteiger partial charge in [-0.1, -0.05) is 36.4 Å². The lowest BCUT2D eigenvalue weighted by Crippen LogP contribution is -2.54. The topological polar surface area (TPSA) is 65.9 Å². The molecule has 3 aromatic rings. The first kappa shape index (κ1) is 24.2. The van der Waals surface area contributed by atoms with Crippen LogP contribution in [0.1, 0.15) is 37.8 Å². The van der Waals surface area contributed by atoms with Gasteiger partial charge in [-0.3, -0.25) is 14.8 Å². The molecule has 2 aromatic carbocycles. The number of fused-ring (bicyclic) bond motifs is 1. The quantitative estimate of drug-likeness (QED) is 0.277. The lowest BCUT2D eigenvalue weighted by molar-refractivity contribution is -0.139. The van der Waals surface area contributed by atoms with Crippen molar-refractivity contribution in [1.82, 2.24) is 14.8 Å². The van der Waals surface area contributed by atoms with E-state index >= 15 is 0 Å². The standard InChI is InChI=1S/C30H34N4O2/c1-20-13-23(25-14-24-7-5-6-8-27(24)31-15-25)11-12-26(20)28(32-30(2,3)19-35)33(4)16-21-17-34(18-21)29(36)22-9-10-22/h5-8,11-15,19,21-22H,9-10,16-18H2,1-4H3. The number of aliphatic imine (C=N–C) groups is 1. The second-order valence-corrected chi connectivity index (χ2v) is 10.9. The number of likely N-dealkylation sites (tertiary alicyclic amines) is 1. The molecule has 0 bridgehead atoms. The number of amidine groups is 1. The smallest absolute Gasteiger partial charge is 0.225 e. The van der Waals surface area contributed by atoms with E-state index < -0.39 is 5.54 Å². The van der Waals surface area contributed by atoms with Crippen molar-refractivity contribution in [3.05, 3.63) is 65.9 Å². The number of para-hydroxylation sites is 1. The summed E-state index contributed by atoms with van der Waals surface area (Å²) < 4.78 is 0. The average Bonchev–Trinajstić information content (AvgIpc) is 3.69. The summed E-state index contributed by atoms with van der Waals surface area (Å²) in [6, 6.07) is 16.6. The number of benzene rings is 2. The van der Waals surface area contributed by atoms with Gasteiger partial charge in [0, 0.05) is 61.2 Å². The second-order valence-electron chi connectivity index (χ2n) is 10.9. The summed E-state index contributed by atoms with van der Waals surface area (Å²) in [6.07, 6.45) is 4.90. The van der Waals surface area contributed by atoms with Crippen LogP contribution in [-0.2, 0) is 9.59 Å². The van der Waals surface area contributed by atoms with E-state index in [9.17, 15) is 9.59 Å². The molecule has 6 heteroatoms. The molecule has 1 aliphatic heterocycles. The molecule has 1 saturated heterocycles. The van der Waals surface area contributed by atoms with Crippen LogP contribution in [0.2, 0.25) is 0 Å². The molecular formula is C30H34N4O2. The van der Waals surface area contributed by atoms with Gasteiger partial charge in [0.2, 0.25) is 5.91 Å². The van der Waals surface area contributed by atoms with Gasteiger partial charge in [-0.25, -0.2) is 0 Å². The van der Waals surface area contributed by atoms with Gasteiger partial charge in [0.25, 0.3) is 0 Å². The second kappa shape index (κ2) is 9.49. The molecule has 2 aliphatic rings. The summed E-state index contributed by atoms with van der Waals surface area (Å²) in [5, 5.41) is 1.11. The van der Waals surface area contributed by atoms with Crippen molar-refractivity contribution in [2.75, 3.05) is 26.7 Å². The van der Waals surface area contributed by atoms with Gasteiger partial charge in [-0.15, -0.1) is 0 Å². The number of carbonyl (C=O) groups is 2. The van der Waals surface area contributed by atoms with Crippen LogP contribution < -0.4 is 0 Å². The summed E-state index contributed by atoms with van der Waals surface area (Å²) in [5.74, 6) is 1.80. The minimum atomic E-state index is -0.829. The Labute approximate surface area is 213 Å². The summed E-state index contributed by atoms with van der Waals surface area (Å²) in [6.45, 7) is 8.14. The molecule has 2 fully saturated rings. The summed E-state index contributed by atoms with van der Waals surface area (Å²) in [5.41, 5.74) is 4.42. The summed E-state index contributed by atoms with van der Waals surface area (Å²) in [7, 11) is 2.03. The highest BCUT2D eigenvalue weighted by atomic mass is 16.2. The van der Waals surface area contributed by atoms with Gasteiger partial charge in [-0.05, 0) is 56.9 Å². The molecule has 1 aromatic heterocycles.